The molecule has 1 aromatic heterocycles. The lowest BCUT2D eigenvalue weighted by atomic mass is 10.00. The number of ether oxygens (including phenoxy) is 1. The summed E-state index contributed by atoms with van der Waals surface area (Å²) in [5.41, 5.74) is 0. The lowest BCUT2D eigenvalue weighted by Crippen LogP contribution is -2.46. The molecule has 140 valence electrons. The molecule has 0 N–H and O–H groups in total. The Morgan fingerprint density at radius 3 is 2.50 bits per heavy atom. The molecule has 2 saturated heterocycles. The van der Waals surface area contributed by atoms with Gasteiger partial charge in [-0.2, -0.15) is 9.40 Å². The van der Waals surface area contributed by atoms with Gasteiger partial charge in [0.25, 0.3) is 0 Å². The molecule has 6 nitrogen and oxygen atoms in total. The second kappa shape index (κ2) is 6.98. The van der Waals surface area contributed by atoms with Gasteiger partial charge in [-0.1, -0.05) is 12.1 Å². The maximum atomic E-state index is 13.4. The Hall–Kier alpha value is -1.38. The van der Waals surface area contributed by atoms with Crippen molar-refractivity contribution in [2.75, 3.05) is 6.61 Å². The van der Waals surface area contributed by atoms with Gasteiger partial charge in [0.1, 0.15) is 10.6 Å². The van der Waals surface area contributed by atoms with E-state index in [1.165, 1.54) is 0 Å². The van der Waals surface area contributed by atoms with Gasteiger partial charge in [0.15, 0.2) is 0 Å². The van der Waals surface area contributed by atoms with Crippen LogP contribution in [0.1, 0.15) is 38.6 Å². The van der Waals surface area contributed by atoms with Gasteiger partial charge in [-0.3, -0.25) is 4.68 Å². The Balaban J connectivity index is 1.63. The Labute approximate surface area is 162 Å². The van der Waals surface area contributed by atoms with E-state index in [-0.39, 0.29) is 23.0 Å². The first-order valence-electron chi connectivity index (χ1n) is 8.95. The van der Waals surface area contributed by atoms with Crippen LogP contribution in [-0.2, 0) is 10.0 Å². The van der Waals surface area contributed by atoms with Gasteiger partial charge in [-0.05, 0) is 60.7 Å². The molecule has 2 aliphatic heterocycles. The van der Waals surface area contributed by atoms with Gasteiger partial charge in [-0.25, -0.2) is 8.42 Å². The molecule has 2 fully saturated rings. The third-order valence-electron chi connectivity index (χ3n) is 5.29. The molecule has 2 aliphatic rings. The van der Waals surface area contributed by atoms with Gasteiger partial charge in [0.05, 0.1) is 23.3 Å². The van der Waals surface area contributed by atoms with Crippen molar-refractivity contribution < 1.29 is 13.2 Å². The molecular formula is C18H22BrN3O3S. The van der Waals surface area contributed by atoms with Crippen LogP contribution < -0.4 is 4.74 Å². The minimum Gasteiger partial charge on any atom is -0.492 e. The fourth-order valence-electron chi connectivity index (χ4n) is 4.28. The van der Waals surface area contributed by atoms with Crippen LogP contribution in [0.2, 0.25) is 0 Å². The summed E-state index contributed by atoms with van der Waals surface area (Å²) in [6, 6.07) is 7.21. The van der Waals surface area contributed by atoms with E-state index < -0.39 is 10.0 Å². The van der Waals surface area contributed by atoms with E-state index in [1.807, 2.05) is 17.8 Å². The summed E-state index contributed by atoms with van der Waals surface area (Å²) in [4.78, 5) is 0.277. The van der Waals surface area contributed by atoms with Crippen LogP contribution in [0, 0.1) is 0 Å². The lowest BCUT2D eigenvalue weighted by Gasteiger charge is -2.38. The average Bonchev–Trinajstić information content (AvgIpc) is 3.17. The van der Waals surface area contributed by atoms with E-state index >= 15 is 0 Å². The van der Waals surface area contributed by atoms with Gasteiger partial charge >= 0.3 is 0 Å². The fourth-order valence-corrected chi connectivity index (χ4v) is 6.61. The van der Waals surface area contributed by atoms with Gasteiger partial charge in [0, 0.05) is 18.3 Å². The maximum absolute atomic E-state index is 13.4. The highest BCUT2D eigenvalue weighted by Crippen LogP contribution is 2.44. The Bertz CT molecular complexity index is 885. The number of aromatic nitrogens is 2. The largest absolute Gasteiger partial charge is 0.492 e. The van der Waals surface area contributed by atoms with Crippen LogP contribution in [0.4, 0.5) is 0 Å². The number of sulfonamides is 1. The van der Waals surface area contributed by atoms with E-state index in [4.69, 9.17) is 4.74 Å². The van der Waals surface area contributed by atoms with Crippen molar-refractivity contribution in [3.63, 3.8) is 0 Å². The van der Waals surface area contributed by atoms with Crippen molar-refractivity contribution in [3.8, 4) is 5.75 Å². The minimum absolute atomic E-state index is 0.0152. The molecule has 8 heteroatoms. The van der Waals surface area contributed by atoms with Crippen LogP contribution in [0.3, 0.4) is 0 Å². The van der Waals surface area contributed by atoms with Crippen molar-refractivity contribution in [1.82, 2.24) is 14.1 Å². The first-order chi connectivity index (χ1) is 12.5. The first-order valence-corrected chi connectivity index (χ1v) is 11.2. The molecule has 2 atom stereocenters. The fraction of sp³-hybridized carbons (Fsp3) is 0.500. The summed E-state index contributed by atoms with van der Waals surface area (Å²) in [5, 5.41) is 4.40. The van der Waals surface area contributed by atoms with E-state index in [0.29, 0.717) is 12.4 Å². The SMILES string of the molecule is CCOc1ccccc1S(=O)(=O)N1C2CCC1CC(n1cc(Br)cn1)C2. The molecule has 1 aromatic carbocycles. The summed E-state index contributed by atoms with van der Waals surface area (Å²) in [6.45, 7) is 2.30. The highest BCUT2D eigenvalue weighted by Gasteiger charge is 2.48. The van der Waals surface area contributed by atoms with E-state index in [2.05, 4.69) is 21.0 Å². The second-order valence-corrected chi connectivity index (χ2v) is 9.59. The Morgan fingerprint density at radius 2 is 1.88 bits per heavy atom. The zero-order chi connectivity index (χ0) is 18.3. The number of para-hydroxylation sites is 1. The third kappa shape index (κ3) is 3.08. The van der Waals surface area contributed by atoms with E-state index in [1.54, 1.807) is 34.8 Å². The predicted molar refractivity (Wildman–Crippen MR) is 102 cm³/mol. The first kappa shape index (κ1) is 18.0. The maximum Gasteiger partial charge on any atom is 0.247 e. The Kier molecular flexibility index (Phi) is 4.83. The van der Waals surface area contributed by atoms with Crippen LogP contribution in [0.15, 0.2) is 46.0 Å². The average molecular weight is 440 g/mol. The number of hydrogen-bond donors (Lipinski definition) is 0. The number of hydrogen-bond acceptors (Lipinski definition) is 4. The molecule has 0 aliphatic carbocycles. The topological polar surface area (TPSA) is 64.4 Å². The standard InChI is InChI=1S/C18H22BrN3O3S/c1-2-25-17-5-3-4-6-18(17)26(23,24)22-14-7-8-15(22)10-16(9-14)21-12-13(19)11-20-21/h3-6,11-12,14-16H,2,7-10H2,1H3. The summed E-state index contributed by atoms with van der Waals surface area (Å²) in [5.74, 6) is 0.438. The zero-order valence-electron chi connectivity index (χ0n) is 14.6. The smallest absolute Gasteiger partial charge is 0.247 e. The molecule has 0 spiro atoms. The summed E-state index contributed by atoms with van der Waals surface area (Å²) < 4.78 is 37.0. The summed E-state index contributed by atoms with van der Waals surface area (Å²) in [7, 11) is -3.58. The molecule has 3 heterocycles. The van der Waals surface area contributed by atoms with Crippen LogP contribution in [0.5, 0.6) is 5.75 Å². The third-order valence-corrected chi connectivity index (χ3v) is 7.74. The zero-order valence-corrected chi connectivity index (χ0v) is 17.0. The number of benzene rings is 1. The van der Waals surface area contributed by atoms with Gasteiger partial charge < -0.3 is 4.74 Å². The van der Waals surface area contributed by atoms with Crippen molar-refractivity contribution in [2.24, 2.45) is 0 Å². The van der Waals surface area contributed by atoms with E-state index in [0.717, 1.165) is 30.2 Å². The van der Waals surface area contributed by atoms with Crippen molar-refractivity contribution in [2.45, 2.75) is 55.6 Å². The van der Waals surface area contributed by atoms with Crippen molar-refractivity contribution >= 4 is 26.0 Å². The summed E-state index contributed by atoms with van der Waals surface area (Å²) >= 11 is 3.44. The van der Waals surface area contributed by atoms with E-state index in [9.17, 15) is 8.42 Å². The van der Waals surface area contributed by atoms with Crippen molar-refractivity contribution in [1.29, 1.82) is 0 Å². The predicted octanol–water partition coefficient (Wildman–Crippen LogP) is 3.60. The minimum atomic E-state index is -3.58. The molecule has 26 heavy (non-hydrogen) atoms. The monoisotopic (exact) mass is 439 g/mol. The van der Waals surface area contributed by atoms with Gasteiger partial charge in [0.2, 0.25) is 10.0 Å². The molecule has 0 saturated carbocycles. The molecule has 0 radical (unpaired) electrons. The number of piperidine rings is 1. The number of rotatable bonds is 5. The lowest BCUT2D eigenvalue weighted by molar-refractivity contribution is 0.184. The number of halogens is 1. The molecular weight excluding hydrogens is 418 g/mol. The molecule has 2 aromatic rings. The van der Waals surface area contributed by atoms with Crippen molar-refractivity contribution in [3.05, 3.63) is 41.1 Å². The molecule has 2 bridgehead atoms. The highest BCUT2D eigenvalue weighted by molar-refractivity contribution is 9.10. The second-order valence-electron chi connectivity index (χ2n) is 6.86. The molecule has 0 amide bonds. The van der Waals surface area contributed by atoms with Crippen LogP contribution in [0.25, 0.3) is 0 Å². The molecule has 2 unspecified atom stereocenters. The number of nitrogens with zero attached hydrogens (tertiary/aromatic N) is 3. The number of fused-ring (bicyclic) bond motifs is 2. The Morgan fingerprint density at radius 1 is 1.19 bits per heavy atom. The quantitative estimate of drug-likeness (QED) is 0.713. The molecule has 4 rings (SSSR count). The normalized spacial score (nSPS) is 26.2. The highest BCUT2D eigenvalue weighted by atomic mass is 79.9. The van der Waals surface area contributed by atoms with Crippen LogP contribution >= 0.6 is 15.9 Å². The van der Waals surface area contributed by atoms with Crippen LogP contribution in [-0.4, -0.2) is 41.2 Å². The summed E-state index contributed by atoms with van der Waals surface area (Å²) in [6.07, 6.45) is 7.14. The van der Waals surface area contributed by atoms with Gasteiger partial charge in [-0.15, -0.1) is 0 Å².